The van der Waals surface area contributed by atoms with Crippen molar-refractivity contribution >= 4 is 11.3 Å². The van der Waals surface area contributed by atoms with Crippen LogP contribution in [0.25, 0.3) is 0 Å². The molecule has 0 aromatic carbocycles. The molecule has 0 fully saturated rings. The van der Waals surface area contributed by atoms with E-state index in [4.69, 9.17) is 4.74 Å². The molecule has 1 N–H and O–H groups in total. The van der Waals surface area contributed by atoms with Gasteiger partial charge in [-0.05, 0) is 64.1 Å². The standard InChI is InChI=1S/C17H29NOS/c1-4-10-18-15(12-19-13(2)3)17-11-14-8-6-5-7-9-16(14)20-17/h11,13,15,18H,4-10,12H2,1-3H3. The quantitative estimate of drug-likeness (QED) is 0.749. The predicted molar refractivity (Wildman–Crippen MR) is 87.7 cm³/mol. The van der Waals surface area contributed by atoms with E-state index >= 15 is 0 Å². The zero-order valence-corrected chi connectivity index (χ0v) is 14.0. The van der Waals surface area contributed by atoms with E-state index in [1.165, 1.54) is 43.4 Å². The summed E-state index contributed by atoms with van der Waals surface area (Å²) in [6.07, 6.45) is 8.15. The second-order valence-corrected chi connectivity index (χ2v) is 7.21. The van der Waals surface area contributed by atoms with Crippen molar-refractivity contribution in [1.29, 1.82) is 0 Å². The van der Waals surface area contributed by atoms with Crippen LogP contribution in [0.1, 0.15) is 67.8 Å². The van der Waals surface area contributed by atoms with E-state index in [-0.39, 0.29) is 0 Å². The lowest BCUT2D eigenvalue weighted by Crippen LogP contribution is -2.26. The van der Waals surface area contributed by atoms with E-state index in [1.54, 1.807) is 10.4 Å². The third-order valence-electron chi connectivity index (χ3n) is 3.85. The highest BCUT2D eigenvalue weighted by Gasteiger charge is 2.18. The van der Waals surface area contributed by atoms with Crippen molar-refractivity contribution in [3.8, 4) is 0 Å². The van der Waals surface area contributed by atoms with Crippen LogP contribution in [-0.2, 0) is 17.6 Å². The summed E-state index contributed by atoms with van der Waals surface area (Å²) in [4.78, 5) is 3.11. The van der Waals surface area contributed by atoms with Gasteiger partial charge in [0.15, 0.2) is 0 Å². The highest BCUT2D eigenvalue weighted by molar-refractivity contribution is 7.12. The molecule has 0 aliphatic heterocycles. The first-order chi connectivity index (χ1) is 9.70. The van der Waals surface area contributed by atoms with Crippen LogP contribution in [-0.4, -0.2) is 19.3 Å². The van der Waals surface area contributed by atoms with Crippen LogP contribution in [0.5, 0.6) is 0 Å². The van der Waals surface area contributed by atoms with Crippen molar-refractivity contribution in [2.24, 2.45) is 0 Å². The second-order valence-electron chi connectivity index (χ2n) is 6.05. The number of rotatable bonds is 7. The second kappa shape index (κ2) is 8.16. The zero-order valence-electron chi connectivity index (χ0n) is 13.2. The average molecular weight is 295 g/mol. The van der Waals surface area contributed by atoms with E-state index in [0.717, 1.165) is 13.2 Å². The van der Waals surface area contributed by atoms with Gasteiger partial charge in [0, 0.05) is 9.75 Å². The molecular formula is C17H29NOS. The number of nitrogens with one attached hydrogen (secondary N) is 1. The van der Waals surface area contributed by atoms with Crippen LogP contribution in [0, 0.1) is 0 Å². The maximum atomic E-state index is 5.86. The van der Waals surface area contributed by atoms with Gasteiger partial charge < -0.3 is 10.1 Å². The lowest BCUT2D eigenvalue weighted by molar-refractivity contribution is 0.0618. The Morgan fingerprint density at radius 3 is 2.80 bits per heavy atom. The third-order valence-corrected chi connectivity index (χ3v) is 5.20. The first-order valence-electron chi connectivity index (χ1n) is 8.17. The molecule has 1 aliphatic rings. The van der Waals surface area contributed by atoms with Crippen LogP contribution in [0.2, 0.25) is 0 Å². The van der Waals surface area contributed by atoms with Crippen molar-refractivity contribution in [2.45, 2.75) is 71.4 Å². The molecule has 1 heterocycles. The first kappa shape index (κ1) is 16.0. The Balaban J connectivity index is 2.06. The summed E-state index contributed by atoms with van der Waals surface area (Å²) in [5.41, 5.74) is 1.61. The topological polar surface area (TPSA) is 21.3 Å². The zero-order chi connectivity index (χ0) is 14.4. The minimum atomic E-state index is 0.304. The van der Waals surface area contributed by atoms with Gasteiger partial charge in [0.05, 0.1) is 18.8 Å². The van der Waals surface area contributed by atoms with Crippen molar-refractivity contribution in [3.63, 3.8) is 0 Å². The lowest BCUT2D eigenvalue weighted by atomic mass is 10.1. The fourth-order valence-electron chi connectivity index (χ4n) is 2.71. The van der Waals surface area contributed by atoms with Gasteiger partial charge in [-0.15, -0.1) is 11.3 Å². The fraction of sp³-hybridized carbons (Fsp3) is 0.765. The number of hydrogen-bond donors (Lipinski definition) is 1. The van der Waals surface area contributed by atoms with Gasteiger partial charge in [0.1, 0.15) is 0 Å². The van der Waals surface area contributed by atoms with Crippen LogP contribution >= 0.6 is 11.3 Å². The summed E-state index contributed by atoms with van der Waals surface area (Å²) in [5.74, 6) is 0. The Morgan fingerprint density at radius 1 is 1.25 bits per heavy atom. The van der Waals surface area contributed by atoms with E-state index in [9.17, 15) is 0 Å². The molecule has 0 spiro atoms. The highest BCUT2D eigenvalue weighted by Crippen LogP contribution is 2.32. The van der Waals surface area contributed by atoms with Crippen molar-refractivity contribution < 1.29 is 4.74 Å². The van der Waals surface area contributed by atoms with E-state index in [2.05, 4.69) is 32.2 Å². The summed E-state index contributed by atoms with van der Waals surface area (Å²) >= 11 is 2.02. The number of aryl methyl sites for hydroxylation is 2. The lowest BCUT2D eigenvalue weighted by Gasteiger charge is -2.19. The molecule has 3 heteroatoms. The van der Waals surface area contributed by atoms with E-state index in [0.29, 0.717) is 12.1 Å². The molecule has 0 saturated carbocycles. The Bertz CT molecular complexity index is 376. The number of thiophene rings is 1. The van der Waals surface area contributed by atoms with Gasteiger partial charge in [-0.2, -0.15) is 0 Å². The summed E-state index contributed by atoms with van der Waals surface area (Å²) in [5, 5.41) is 3.65. The van der Waals surface area contributed by atoms with E-state index < -0.39 is 0 Å². The van der Waals surface area contributed by atoms with Gasteiger partial charge in [-0.25, -0.2) is 0 Å². The Kier molecular flexibility index (Phi) is 6.53. The van der Waals surface area contributed by atoms with Crippen molar-refractivity contribution in [1.82, 2.24) is 5.32 Å². The SMILES string of the molecule is CCCNC(COC(C)C)c1cc2c(s1)CCCCC2. The van der Waals surface area contributed by atoms with E-state index in [1.807, 2.05) is 11.3 Å². The summed E-state index contributed by atoms with van der Waals surface area (Å²) in [6.45, 7) is 8.30. The molecule has 1 aromatic rings. The molecular weight excluding hydrogens is 266 g/mol. The van der Waals surface area contributed by atoms with Gasteiger partial charge >= 0.3 is 0 Å². The molecule has 2 nitrogen and oxygen atoms in total. The normalized spacial score (nSPS) is 17.0. The first-order valence-corrected chi connectivity index (χ1v) is 8.98. The number of fused-ring (bicyclic) bond motifs is 1. The van der Waals surface area contributed by atoms with Crippen molar-refractivity contribution in [3.05, 3.63) is 21.4 Å². The average Bonchev–Trinajstić information content (AvgIpc) is 2.69. The highest BCUT2D eigenvalue weighted by atomic mass is 32.1. The van der Waals surface area contributed by atoms with Crippen LogP contribution in [0.15, 0.2) is 6.07 Å². The Labute approximate surface area is 127 Å². The smallest absolute Gasteiger partial charge is 0.0672 e. The molecule has 1 unspecified atom stereocenters. The minimum absolute atomic E-state index is 0.304. The van der Waals surface area contributed by atoms with Gasteiger partial charge in [0.25, 0.3) is 0 Å². The molecule has 0 radical (unpaired) electrons. The molecule has 1 aliphatic carbocycles. The molecule has 0 amide bonds. The van der Waals surface area contributed by atoms with Crippen LogP contribution < -0.4 is 5.32 Å². The minimum Gasteiger partial charge on any atom is -0.377 e. The van der Waals surface area contributed by atoms with Gasteiger partial charge in [0.2, 0.25) is 0 Å². The maximum absolute atomic E-state index is 5.86. The van der Waals surface area contributed by atoms with Gasteiger partial charge in [-0.3, -0.25) is 0 Å². The molecule has 0 saturated heterocycles. The number of hydrogen-bond acceptors (Lipinski definition) is 3. The molecule has 1 atom stereocenters. The Hall–Kier alpha value is -0.380. The van der Waals surface area contributed by atoms with Crippen molar-refractivity contribution in [2.75, 3.05) is 13.2 Å². The molecule has 2 rings (SSSR count). The third kappa shape index (κ3) is 4.57. The van der Waals surface area contributed by atoms with Crippen LogP contribution in [0.3, 0.4) is 0 Å². The largest absolute Gasteiger partial charge is 0.377 e. The van der Waals surface area contributed by atoms with Crippen LogP contribution in [0.4, 0.5) is 0 Å². The molecule has 1 aromatic heterocycles. The maximum Gasteiger partial charge on any atom is 0.0672 e. The summed E-state index contributed by atoms with van der Waals surface area (Å²) in [7, 11) is 0. The summed E-state index contributed by atoms with van der Waals surface area (Å²) in [6, 6.07) is 2.82. The molecule has 114 valence electrons. The monoisotopic (exact) mass is 295 g/mol. The van der Waals surface area contributed by atoms with Gasteiger partial charge in [-0.1, -0.05) is 13.3 Å². The molecule has 0 bridgehead atoms. The number of ether oxygens (including phenoxy) is 1. The summed E-state index contributed by atoms with van der Waals surface area (Å²) < 4.78 is 5.86. The Morgan fingerprint density at radius 2 is 2.05 bits per heavy atom. The fourth-order valence-corrected chi connectivity index (χ4v) is 4.03. The predicted octanol–water partition coefficient (Wildman–Crippen LogP) is 4.48. The molecule has 20 heavy (non-hydrogen) atoms.